The number of nitrogens with zero attached hydrogens (tertiary/aromatic N) is 3. The van der Waals surface area contributed by atoms with Crippen LogP contribution in [0.3, 0.4) is 0 Å². The van der Waals surface area contributed by atoms with E-state index in [-0.39, 0.29) is 23.4 Å². The number of aliphatic hydroxyl groups is 1. The Labute approximate surface area is 185 Å². The highest BCUT2D eigenvalue weighted by Crippen LogP contribution is 2.39. The molecule has 160 valence electrons. The summed E-state index contributed by atoms with van der Waals surface area (Å²) in [7, 11) is 0. The summed E-state index contributed by atoms with van der Waals surface area (Å²) in [5, 5.41) is 10.1. The van der Waals surface area contributed by atoms with Gasteiger partial charge in [0.25, 0.3) is 5.91 Å². The molecule has 1 saturated carbocycles. The number of thiocarbonyl (C=S) groups is 1. The lowest BCUT2D eigenvalue weighted by molar-refractivity contribution is -0.120. The van der Waals surface area contributed by atoms with Crippen LogP contribution in [0.25, 0.3) is 4.85 Å². The third kappa shape index (κ3) is 3.64. The Hall–Kier alpha value is -3.02. The molecule has 0 spiro atoms. The molecule has 1 saturated heterocycles. The van der Waals surface area contributed by atoms with Crippen molar-refractivity contribution < 1.29 is 19.0 Å². The first kappa shape index (κ1) is 21.2. The minimum absolute atomic E-state index is 0.0422. The zero-order valence-corrected chi connectivity index (χ0v) is 18.3. The Morgan fingerprint density at radius 1 is 1.23 bits per heavy atom. The number of carbonyl (C=O) groups is 1. The molecule has 0 radical (unpaired) electrons. The van der Waals surface area contributed by atoms with Gasteiger partial charge in [-0.05, 0) is 75.7 Å². The highest BCUT2D eigenvalue weighted by Gasteiger charge is 2.50. The van der Waals surface area contributed by atoms with Crippen molar-refractivity contribution >= 4 is 40.3 Å². The minimum atomic E-state index is -1.04. The first-order valence-electron chi connectivity index (χ1n) is 9.89. The van der Waals surface area contributed by atoms with Crippen molar-refractivity contribution in [2.24, 2.45) is 0 Å². The van der Waals surface area contributed by atoms with Gasteiger partial charge in [-0.2, -0.15) is 0 Å². The topological polar surface area (TPSA) is 57.4 Å². The number of hydrogen-bond donors (Lipinski definition) is 1. The molecule has 4 rings (SSSR count). The SMILES string of the molecule is [C-]#[N+]c1ccc(N2C(=O)C(C)(C)N(c3ccc(OCC4(O)CC4)c(F)c3)C2=S)cc1C. The van der Waals surface area contributed by atoms with Crippen molar-refractivity contribution in [3.63, 3.8) is 0 Å². The molecule has 0 bridgehead atoms. The largest absolute Gasteiger partial charge is 0.488 e. The Bertz CT molecular complexity index is 1140. The quantitative estimate of drug-likeness (QED) is 0.549. The van der Waals surface area contributed by atoms with E-state index >= 15 is 0 Å². The molecule has 8 heteroatoms. The van der Waals surface area contributed by atoms with Crippen molar-refractivity contribution in [2.45, 2.75) is 44.8 Å². The summed E-state index contributed by atoms with van der Waals surface area (Å²) in [5.41, 5.74) is 0.345. The van der Waals surface area contributed by atoms with Gasteiger partial charge in [-0.1, -0.05) is 6.07 Å². The third-order valence-electron chi connectivity index (χ3n) is 5.72. The summed E-state index contributed by atoms with van der Waals surface area (Å²) < 4.78 is 20.2. The van der Waals surface area contributed by atoms with E-state index in [4.69, 9.17) is 23.5 Å². The molecule has 2 aromatic carbocycles. The number of amides is 1. The van der Waals surface area contributed by atoms with Crippen molar-refractivity contribution in [3.8, 4) is 5.75 Å². The third-order valence-corrected chi connectivity index (χ3v) is 6.09. The van der Waals surface area contributed by atoms with E-state index in [9.17, 15) is 14.3 Å². The van der Waals surface area contributed by atoms with Crippen LogP contribution in [-0.4, -0.2) is 33.9 Å². The number of ether oxygens (including phenoxy) is 1. The van der Waals surface area contributed by atoms with Gasteiger partial charge in [0.2, 0.25) is 0 Å². The van der Waals surface area contributed by atoms with Crippen LogP contribution in [-0.2, 0) is 4.79 Å². The standard InChI is InChI=1S/C23H22FN3O3S/c1-14-11-15(5-7-18(14)25-4)26-20(28)22(2,3)27(21(26)31)16-6-8-19(17(24)12-16)30-13-23(29)9-10-23/h5-8,11-12,29H,9-10,13H2,1-3H3. The highest BCUT2D eigenvalue weighted by atomic mass is 32.1. The molecule has 2 aromatic rings. The molecule has 0 aromatic heterocycles. The normalized spacial score (nSPS) is 18.8. The van der Waals surface area contributed by atoms with E-state index in [1.54, 1.807) is 49.9 Å². The predicted octanol–water partition coefficient (Wildman–Crippen LogP) is 4.51. The lowest BCUT2D eigenvalue weighted by Gasteiger charge is -2.29. The first-order valence-corrected chi connectivity index (χ1v) is 10.3. The second kappa shape index (κ2) is 7.29. The van der Waals surface area contributed by atoms with Crippen LogP contribution in [0.4, 0.5) is 21.5 Å². The summed E-state index contributed by atoms with van der Waals surface area (Å²) in [5.74, 6) is -0.798. The number of anilines is 2. The van der Waals surface area contributed by atoms with Crippen LogP contribution in [0.1, 0.15) is 32.3 Å². The molecule has 2 aliphatic rings. The lowest BCUT2D eigenvalue weighted by atomic mass is 10.0. The van der Waals surface area contributed by atoms with E-state index in [1.165, 1.54) is 17.0 Å². The molecule has 31 heavy (non-hydrogen) atoms. The van der Waals surface area contributed by atoms with Crippen LogP contribution in [0.5, 0.6) is 5.75 Å². The number of aryl methyl sites for hydroxylation is 1. The summed E-state index contributed by atoms with van der Waals surface area (Å²) in [6.45, 7) is 12.5. The van der Waals surface area contributed by atoms with Gasteiger partial charge in [-0.3, -0.25) is 9.69 Å². The van der Waals surface area contributed by atoms with Crippen LogP contribution in [0.15, 0.2) is 36.4 Å². The Morgan fingerprint density at radius 3 is 2.48 bits per heavy atom. The fraction of sp³-hybridized carbons (Fsp3) is 0.348. The van der Waals surface area contributed by atoms with Gasteiger partial charge in [-0.25, -0.2) is 9.24 Å². The maximum absolute atomic E-state index is 14.7. The average molecular weight is 440 g/mol. The van der Waals surface area contributed by atoms with Gasteiger partial charge < -0.3 is 14.7 Å². The molecular weight excluding hydrogens is 417 g/mol. The summed E-state index contributed by atoms with van der Waals surface area (Å²) >= 11 is 5.62. The molecule has 1 aliphatic carbocycles. The molecule has 0 atom stereocenters. The first-order chi connectivity index (χ1) is 14.6. The maximum Gasteiger partial charge on any atom is 0.259 e. The van der Waals surface area contributed by atoms with Crippen LogP contribution < -0.4 is 14.5 Å². The second-order valence-corrected chi connectivity index (χ2v) is 8.89. The van der Waals surface area contributed by atoms with E-state index in [0.717, 1.165) is 5.56 Å². The minimum Gasteiger partial charge on any atom is -0.488 e. The summed E-state index contributed by atoms with van der Waals surface area (Å²) in [6, 6.07) is 9.50. The van der Waals surface area contributed by atoms with Crippen LogP contribution >= 0.6 is 12.2 Å². The zero-order chi connectivity index (χ0) is 22.6. The van der Waals surface area contributed by atoms with Gasteiger partial charge in [0, 0.05) is 17.4 Å². The van der Waals surface area contributed by atoms with E-state index in [2.05, 4.69) is 4.85 Å². The monoisotopic (exact) mass is 439 g/mol. The Kier molecular flexibility index (Phi) is 4.99. The van der Waals surface area contributed by atoms with Crippen molar-refractivity contribution in [3.05, 3.63) is 59.2 Å². The van der Waals surface area contributed by atoms with Crippen molar-refractivity contribution in [2.75, 3.05) is 16.4 Å². The number of carbonyl (C=O) groups excluding carboxylic acids is 1. The van der Waals surface area contributed by atoms with Gasteiger partial charge in [0.05, 0.1) is 12.2 Å². The fourth-order valence-electron chi connectivity index (χ4n) is 3.61. The number of rotatable bonds is 5. The van der Waals surface area contributed by atoms with Crippen molar-refractivity contribution in [1.29, 1.82) is 0 Å². The number of hydrogen-bond acceptors (Lipinski definition) is 4. The van der Waals surface area contributed by atoms with E-state index < -0.39 is 17.0 Å². The molecule has 1 heterocycles. The number of benzene rings is 2. The van der Waals surface area contributed by atoms with E-state index in [0.29, 0.717) is 29.9 Å². The molecule has 2 fully saturated rings. The van der Waals surface area contributed by atoms with Crippen molar-refractivity contribution in [1.82, 2.24) is 0 Å². The Balaban J connectivity index is 1.64. The van der Waals surface area contributed by atoms with Gasteiger partial charge in [0.1, 0.15) is 12.1 Å². The van der Waals surface area contributed by atoms with Gasteiger partial charge in [0.15, 0.2) is 22.4 Å². The van der Waals surface area contributed by atoms with E-state index in [1.807, 2.05) is 0 Å². The second-order valence-electron chi connectivity index (χ2n) is 8.53. The smallest absolute Gasteiger partial charge is 0.259 e. The fourth-order valence-corrected chi connectivity index (χ4v) is 4.13. The van der Waals surface area contributed by atoms with Crippen LogP contribution in [0, 0.1) is 19.3 Å². The summed E-state index contributed by atoms with van der Waals surface area (Å²) in [6.07, 6.45) is 1.30. The zero-order valence-electron chi connectivity index (χ0n) is 17.5. The predicted molar refractivity (Wildman–Crippen MR) is 120 cm³/mol. The van der Waals surface area contributed by atoms with Gasteiger partial charge >= 0.3 is 0 Å². The maximum atomic E-state index is 14.7. The average Bonchev–Trinajstić information content (AvgIpc) is 3.41. The lowest BCUT2D eigenvalue weighted by Crippen LogP contribution is -2.44. The van der Waals surface area contributed by atoms with Crippen LogP contribution in [0.2, 0.25) is 0 Å². The molecular formula is C23H22FN3O3S. The summed E-state index contributed by atoms with van der Waals surface area (Å²) in [4.78, 5) is 19.7. The number of halogens is 1. The molecule has 0 unspecified atom stereocenters. The van der Waals surface area contributed by atoms with Gasteiger partial charge in [-0.15, -0.1) is 0 Å². The molecule has 6 nitrogen and oxygen atoms in total. The molecule has 1 aliphatic heterocycles. The highest BCUT2D eigenvalue weighted by molar-refractivity contribution is 7.81. The Morgan fingerprint density at radius 2 is 1.90 bits per heavy atom. The molecule has 1 N–H and O–H groups in total. The molecule has 1 amide bonds.